The van der Waals surface area contributed by atoms with Gasteiger partial charge in [0.1, 0.15) is 24.1 Å². The number of hydrogen-bond acceptors (Lipinski definition) is 4. The number of carbonyl (C=O) groups is 2. The average Bonchev–Trinajstić information content (AvgIpc) is 3.05. The second-order valence-corrected chi connectivity index (χ2v) is 6.09. The van der Waals surface area contributed by atoms with Gasteiger partial charge in [-0.05, 0) is 23.8 Å². The Bertz CT molecular complexity index is 796. The summed E-state index contributed by atoms with van der Waals surface area (Å²) in [7, 11) is 0. The molecule has 1 N–H and O–H groups in total. The van der Waals surface area contributed by atoms with E-state index in [4.69, 9.17) is 9.47 Å². The highest BCUT2D eigenvalue weighted by Gasteiger charge is 2.28. The van der Waals surface area contributed by atoms with Crippen LogP contribution in [0.1, 0.15) is 5.56 Å². The first-order valence-electron chi connectivity index (χ1n) is 8.24. The molecular formula is C19H18N2O4. The lowest BCUT2D eigenvalue weighted by atomic mass is 10.1. The lowest BCUT2D eigenvalue weighted by molar-refractivity contribution is -0.125. The number of para-hydroxylation sites is 3. The zero-order valence-corrected chi connectivity index (χ0v) is 13.6. The summed E-state index contributed by atoms with van der Waals surface area (Å²) in [6.07, 6.45) is 0.699. The van der Waals surface area contributed by atoms with E-state index >= 15 is 0 Å². The van der Waals surface area contributed by atoms with Gasteiger partial charge in [-0.3, -0.25) is 14.5 Å². The molecule has 0 aromatic heterocycles. The highest BCUT2D eigenvalue weighted by atomic mass is 16.5. The highest BCUT2D eigenvalue weighted by Crippen LogP contribution is 2.31. The summed E-state index contributed by atoms with van der Waals surface area (Å²) in [5.41, 5.74) is 1.78. The monoisotopic (exact) mass is 338 g/mol. The van der Waals surface area contributed by atoms with Gasteiger partial charge in [-0.2, -0.15) is 0 Å². The summed E-state index contributed by atoms with van der Waals surface area (Å²) in [6.45, 7) is 0.331. The van der Waals surface area contributed by atoms with Gasteiger partial charge in [-0.15, -0.1) is 0 Å². The van der Waals surface area contributed by atoms with Crippen molar-refractivity contribution in [1.82, 2.24) is 5.32 Å². The van der Waals surface area contributed by atoms with Crippen LogP contribution in [0.4, 0.5) is 5.69 Å². The Morgan fingerprint density at radius 2 is 1.88 bits per heavy atom. The van der Waals surface area contributed by atoms with Crippen molar-refractivity contribution >= 4 is 17.5 Å². The fourth-order valence-electron chi connectivity index (χ4n) is 3.12. The number of carbonyl (C=O) groups excluding carboxylic acids is 2. The third kappa shape index (κ3) is 3.15. The molecule has 0 saturated carbocycles. The Morgan fingerprint density at radius 1 is 1.12 bits per heavy atom. The number of anilines is 1. The van der Waals surface area contributed by atoms with Crippen LogP contribution in [0, 0.1) is 0 Å². The lowest BCUT2D eigenvalue weighted by Gasteiger charge is -2.28. The van der Waals surface area contributed by atoms with Crippen LogP contribution in [-0.4, -0.2) is 37.6 Å². The zero-order chi connectivity index (χ0) is 17.2. The summed E-state index contributed by atoms with van der Waals surface area (Å²) in [6, 6.07) is 15.1. The molecule has 0 spiro atoms. The molecule has 2 amide bonds. The highest BCUT2D eigenvalue weighted by molar-refractivity contribution is 6.02. The van der Waals surface area contributed by atoms with Gasteiger partial charge in [0, 0.05) is 6.42 Å². The van der Waals surface area contributed by atoms with Gasteiger partial charge < -0.3 is 14.8 Å². The van der Waals surface area contributed by atoms with E-state index in [1.165, 1.54) is 4.90 Å². The van der Waals surface area contributed by atoms with Crippen molar-refractivity contribution in [1.29, 1.82) is 0 Å². The minimum Gasteiger partial charge on any atom is -0.488 e. The third-order valence-electron chi connectivity index (χ3n) is 4.35. The second kappa shape index (κ2) is 6.47. The summed E-state index contributed by atoms with van der Waals surface area (Å²) in [4.78, 5) is 25.8. The molecule has 1 atom stereocenters. The maximum Gasteiger partial charge on any atom is 0.265 e. The number of amides is 2. The Kier molecular flexibility index (Phi) is 4.01. The van der Waals surface area contributed by atoms with Gasteiger partial charge in [0.25, 0.3) is 5.91 Å². The molecule has 0 bridgehead atoms. The van der Waals surface area contributed by atoms with Crippen LogP contribution in [0.25, 0.3) is 0 Å². The smallest absolute Gasteiger partial charge is 0.265 e. The molecule has 25 heavy (non-hydrogen) atoms. The van der Waals surface area contributed by atoms with E-state index in [-0.39, 0.29) is 31.1 Å². The quantitative estimate of drug-likeness (QED) is 0.918. The molecule has 0 aliphatic carbocycles. The average molecular weight is 338 g/mol. The van der Waals surface area contributed by atoms with E-state index in [0.29, 0.717) is 18.0 Å². The minimum absolute atomic E-state index is 0.0289. The second-order valence-electron chi connectivity index (χ2n) is 6.09. The summed E-state index contributed by atoms with van der Waals surface area (Å²) >= 11 is 0. The Morgan fingerprint density at radius 3 is 2.72 bits per heavy atom. The molecule has 2 heterocycles. The maximum atomic E-state index is 12.3. The molecule has 2 aliphatic rings. The summed E-state index contributed by atoms with van der Waals surface area (Å²) in [5, 5.41) is 2.86. The number of nitrogens with zero attached hydrogens (tertiary/aromatic N) is 1. The Balaban J connectivity index is 1.35. The van der Waals surface area contributed by atoms with Gasteiger partial charge in [0.2, 0.25) is 5.91 Å². The van der Waals surface area contributed by atoms with Gasteiger partial charge in [-0.25, -0.2) is 0 Å². The first-order valence-corrected chi connectivity index (χ1v) is 8.24. The molecular weight excluding hydrogens is 320 g/mol. The SMILES string of the molecule is O=C(CN1C(=O)COc2ccccc21)NC[C@@H]1Cc2ccccc2O1. The first kappa shape index (κ1) is 15.5. The van der Waals surface area contributed by atoms with Crippen LogP contribution < -0.4 is 19.7 Å². The van der Waals surface area contributed by atoms with Crippen molar-refractivity contribution in [3.05, 3.63) is 54.1 Å². The fraction of sp³-hybridized carbons (Fsp3) is 0.263. The van der Waals surface area contributed by atoms with Gasteiger partial charge in [0.05, 0.1) is 12.2 Å². The lowest BCUT2D eigenvalue weighted by Crippen LogP contribution is -2.46. The predicted molar refractivity (Wildman–Crippen MR) is 91.9 cm³/mol. The molecule has 0 radical (unpaired) electrons. The van der Waals surface area contributed by atoms with Crippen LogP contribution in [0.5, 0.6) is 11.5 Å². The van der Waals surface area contributed by atoms with Crippen LogP contribution >= 0.6 is 0 Å². The number of rotatable bonds is 4. The van der Waals surface area contributed by atoms with Gasteiger partial charge in [-0.1, -0.05) is 30.3 Å². The molecule has 2 aromatic carbocycles. The standard InChI is InChI=1S/C19H18N2O4/c22-18(20-10-14-9-13-5-1-3-7-16(13)25-14)11-21-15-6-2-4-8-17(15)24-12-19(21)23/h1-8,14H,9-12H2,(H,20,22)/t14-/m0/s1. The van der Waals surface area contributed by atoms with E-state index in [9.17, 15) is 9.59 Å². The summed E-state index contributed by atoms with van der Waals surface area (Å²) in [5.74, 6) is 1.05. The van der Waals surface area contributed by atoms with Crippen molar-refractivity contribution < 1.29 is 19.1 Å². The molecule has 6 heteroatoms. The van der Waals surface area contributed by atoms with E-state index < -0.39 is 0 Å². The summed E-state index contributed by atoms with van der Waals surface area (Å²) < 4.78 is 11.2. The normalized spacial score (nSPS) is 18.0. The molecule has 0 saturated heterocycles. The topological polar surface area (TPSA) is 67.9 Å². The molecule has 6 nitrogen and oxygen atoms in total. The molecule has 128 valence electrons. The van der Waals surface area contributed by atoms with Crippen LogP contribution in [0.2, 0.25) is 0 Å². The Hall–Kier alpha value is -3.02. The van der Waals surface area contributed by atoms with Crippen molar-refractivity contribution in [2.45, 2.75) is 12.5 Å². The van der Waals surface area contributed by atoms with Crippen molar-refractivity contribution in [3.8, 4) is 11.5 Å². The van der Waals surface area contributed by atoms with Crippen molar-refractivity contribution in [2.24, 2.45) is 0 Å². The molecule has 0 unspecified atom stereocenters. The van der Waals surface area contributed by atoms with Gasteiger partial charge in [0.15, 0.2) is 6.61 Å². The third-order valence-corrected chi connectivity index (χ3v) is 4.35. The van der Waals surface area contributed by atoms with Crippen molar-refractivity contribution in [3.63, 3.8) is 0 Å². The van der Waals surface area contributed by atoms with Crippen LogP contribution in [0.3, 0.4) is 0 Å². The van der Waals surface area contributed by atoms with Crippen LogP contribution in [0.15, 0.2) is 48.5 Å². The largest absolute Gasteiger partial charge is 0.488 e. The minimum atomic E-state index is -0.224. The zero-order valence-electron chi connectivity index (χ0n) is 13.6. The van der Waals surface area contributed by atoms with Gasteiger partial charge >= 0.3 is 0 Å². The Labute approximate surface area is 145 Å². The number of benzene rings is 2. The van der Waals surface area contributed by atoms with E-state index in [1.54, 1.807) is 12.1 Å². The number of ether oxygens (including phenoxy) is 2. The van der Waals surface area contributed by atoms with E-state index in [2.05, 4.69) is 5.32 Å². The van der Waals surface area contributed by atoms with E-state index in [0.717, 1.165) is 17.7 Å². The number of nitrogens with one attached hydrogen (secondary N) is 1. The molecule has 0 fully saturated rings. The molecule has 2 aliphatic heterocycles. The van der Waals surface area contributed by atoms with Crippen LogP contribution in [-0.2, 0) is 16.0 Å². The number of fused-ring (bicyclic) bond motifs is 2. The molecule has 4 rings (SSSR count). The van der Waals surface area contributed by atoms with E-state index in [1.807, 2.05) is 36.4 Å². The van der Waals surface area contributed by atoms with Crippen molar-refractivity contribution in [2.75, 3.05) is 24.6 Å². The number of hydrogen-bond donors (Lipinski definition) is 1. The maximum absolute atomic E-state index is 12.3. The predicted octanol–water partition coefficient (Wildman–Crippen LogP) is 1.53. The molecule has 2 aromatic rings. The fourth-order valence-corrected chi connectivity index (χ4v) is 3.12. The first-order chi connectivity index (χ1) is 12.2.